The molecule has 104 valence electrons. The van der Waals surface area contributed by atoms with E-state index in [1.165, 1.54) is 43.2 Å². The Labute approximate surface area is 116 Å². The van der Waals surface area contributed by atoms with Gasteiger partial charge in [0.1, 0.15) is 5.75 Å². The second kappa shape index (κ2) is 4.82. The SMILES string of the molecule is COc1ccc(C2(N)CCCC(C3CC3)C2)c(C)c1. The van der Waals surface area contributed by atoms with Crippen molar-refractivity contribution in [3.8, 4) is 5.75 Å². The molecule has 3 rings (SSSR count). The van der Waals surface area contributed by atoms with E-state index >= 15 is 0 Å². The van der Waals surface area contributed by atoms with Gasteiger partial charge in [0.2, 0.25) is 0 Å². The summed E-state index contributed by atoms with van der Waals surface area (Å²) in [5.41, 5.74) is 9.29. The summed E-state index contributed by atoms with van der Waals surface area (Å²) in [7, 11) is 1.72. The van der Waals surface area contributed by atoms with E-state index in [2.05, 4.69) is 25.1 Å². The van der Waals surface area contributed by atoms with Gasteiger partial charge in [0.15, 0.2) is 0 Å². The summed E-state index contributed by atoms with van der Waals surface area (Å²) in [4.78, 5) is 0. The molecule has 1 aromatic rings. The van der Waals surface area contributed by atoms with Gasteiger partial charge in [-0.15, -0.1) is 0 Å². The van der Waals surface area contributed by atoms with E-state index in [9.17, 15) is 0 Å². The van der Waals surface area contributed by atoms with Crippen LogP contribution in [0.1, 0.15) is 49.7 Å². The first-order valence-electron chi connectivity index (χ1n) is 7.56. The van der Waals surface area contributed by atoms with Gasteiger partial charge in [0.05, 0.1) is 7.11 Å². The molecule has 2 saturated carbocycles. The first-order valence-corrected chi connectivity index (χ1v) is 7.56. The number of rotatable bonds is 3. The lowest BCUT2D eigenvalue weighted by Gasteiger charge is -2.39. The maximum Gasteiger partial charge on any atom is 0.119 e. The summed E-state index contributed by atoms with van der Waals surface area (Å²) in [6.07, 6.45) is 7.83. The summed E-state index contributed by atoms with van der Waals surface area (Å²) in [6.45, 7) is 2.16. The predicted octanol–water partition coefficient (Wildman–Crippen LogP) is 3.76. The van der Waals surface area contributed by atoms with E-state index < -0.39 is 0 Å². The summed E-state index contributed by atoms with van der Waals surface area (Å²) in [5.74, 6) is 2.77. The average molecular weight is 259 g/mol. The fourth-order valence-corrected chi connectivity index (χ4v) is 3.89. The summed E-state index contributed by atoms with van der Waals surface area (Å²) in [6, 6.07) is 6.35. The minimum absolute atomic E-state index is 0.109. The van der Waals surface area contributed by atoms with Gasteiger partial charge in [0, 0.05) is 5.54 Å². The molecule has 0 radical (unpaired) electrons. The molecule has 2 unspecified atom stereocenters. The Bertz CT molecular complexity index is 466. The van der Waals surface area contributed by atoms with Gasteiger partial charge in [-0.1, -0.05) is 18.9 Å². The molecule has 2 nitrogen and oxygen atoms in total. The fraction of sp³-hybridized carbons (Fsp3) is 0.647. The van der Waals surface area contributed by atoms with E-state index in [0.29, 0.717) is 0 Å². The number of ether oxygens (including phenoxy) is 1. The van der Waals surface area contributed by atoms with Crippen LogP contribution >= 0.6 is 0 Å². The number of nitrogens with two attached hydrogens (primary N) is 1. The zero-order valence-corrected chi connectivity index (χ0v) is 12.1. The van der Waals surface area contributed by atoms with Crippen LogP contribution in [0.4, 0.5) is 0 Å². The molecule has 0 amide bonds. The molecule has 0 aliphatic heterocycles. The van der Waals surface area contributed by atoms with Crippen molar-refractivity contribution in [1.82, 2.24) is 0 Å². The van der Waals surface area contributed by atoms with Crippen LogP contribution in [0, 0.1) is 18.8 Å². The zero-order valence-electron chi connectivity index (χ0n) is 12.1. The highest BCUT2D eigenvalue weighted by molar-refractivity contribution is 5.39. The maximum absolute atomic E-state index is 6.79. The molecule has 2 aliphatic carbocycles. The number of aryl methyl sites for hydroxylation is 1. The normalized spacial score (nSPS) is 31.2. The third-order valence-corrected chi connectivity index (χ3v) is 5.08. The third-order valence-electron chi connectivity index (χ3n) is 5.08. The zero-order chi connectivity index (χ0) is 13.5. The Hall–Kier alpha value is -1.02. The van der Waals surface area contributed by atoms with Crippen molar-refractivity contribution >= 4 is 0 Å². The van der Waals surface area contributed by atoms with Gasteiger partial charge in [0.25, 0.3) is 0 Å². The van der Waals surface area contributed by atoms with Crippen molar-refractivity contribution in [2.75, 3.05) is 7.11 Å². The maximum atomic E-state index is 6.79. The van der Waals surface area contributed by atoms with Gasteiger partial charge in [-0.25, -0.2) is 0 Å². The molecule has 2 heteroatoms. The van der Waals surface area contributed by atoms with Crippen LogP contribution in [0.25, 0.3) is 0 Å². The van der Waals surface area contributed by atoms with Crippen LogP contribution < -0.4 is 10.5 Å². The quantitative estimate of drug-likeness (QED) is 0.897. The lowest BCUT2D eigenvalue weighted by molar-refractivity contribution is 0.206. The summed E-state index contributed by atoms with van der Waals surface area (Å²) < 4.78 is 5.30. The molecule has 2 N–H and O–H groups in total. The summed E-state index contributed by atoms with van der Waals surface area (Å²) in [5, 5.41) is 0. The molecule has 1 aromatic carbocycles. The lowest BCUT2D eigenvalue weighted by atomic mass is 9.70. The highest BCUT2D eigenvalue weighted by Crippen LogP contribution is 2.49. The lowest BCUT2D eigenvalue weighted by Crippen LogP contribution is -2.42. The van der Waals surface area contributed by atoms with Crippen molar-refractivity contribution in [1.29, 1.82) is 0 Å². The second-order valence-electron chi connectivity index (χ2n) is 6.53. The first-order chi connectivity index (χ1) is 9.12. The highest BCUT2D eigenvalue weighted by atomic mass is 16.5. The van der Waals surface area contributed by atoms with Crippen LogP contribution in [0.5, 0.6) is 5.75 Å². The van der Waals surface area contributed by atoms with Crippen LogP contribution in [0.3, 0.4) is 0 Å². The van der Waals surface area contributed by atoms with Crippen LogP contribution in [-0.2, 0) is 5.54 Å². The Morgan fingerprint density at radius 1 is 1.21 bits per heavy atom. The van der Waals surface area contributed by atoms with Gasteiger partial charge in [-0.05, 0) is 67.7 Å². The Morgan fingerprint density at radius 3 is 2.63 bits per heavy atom. The minimum Gasteiger partial charge on any atom is -0.497 e. The molecular formula is C17H25NO. The van der Waals surface area contributed by atoms with Crippen molar-refractivity contribution in [3.05, 3.63) is 29.3 Å². The fourth-order valence-electron chi connectivity index (χ4n) is 3.89. The predicted molar refractivity (Wildman–Crippen MR) is 78.3 cm³/mol. The summed E-state index contributed by atoms with van der Waals surface area (Å²) >= 11 is 0. The van der Waals surface area contributed by atoms with Crippen molar-refractivity contribution < 1.29 is 4.74 Å². The van der Waals surface area contributed by atoms with E-state index in [1.54, 1.807) is 7.11 Å². The Kier molecular flexibility index (Phi) is 3.30. The van der Waals surface area contributed by atoms with Crippen molar-refractivity contribution in [2.45, 2.75) is 51.0 Å². The molecule has 2 atom stereocenters. The molecule has 0 saturated heterocycles. The Balaban J connectivity index is 1.86. The molecule has 0 spiro atoms. The van der Waals surface area contributed by atoms with Crippen LogP contribution in [0.2, 0.25) is 0 Å². The second-order valence-corrected chi connectivity index (χ2v) is 6.53. The van der Waals surface area contributed by atoms with Gasteiger partial charge >= 0.3 is 0 Å². The minimum atomic E-state index is -0.109. The van der Waals surface area contributed by atoms with Crippen LogP contribution in [-0.4, -0.2) is 7.11 Å². The monoisotopic (exact) mass is 259 g/mol. The standard InChI is InChI=1S/C17H25NO/c1-12-10-15(19-2)7-8-16(12)17(18)9-3-4-14(11-17)13-5-6-13/h7-8,10,13-14H,3-6,9,11,18H2,1-2H3. The van der Waals surface area contributed by atoms with E-state index in [1.807, 2.05) is 0 Å². The number of methoxy groups -OCH3 is 1. The number of benzene rings is 1. The topological polar surface area (TPSA) is 35.2 Å². The van der Waals surface area contributed by atoms with Gasteiger partial charge in [-0.3, -0.25) is 0 Å². The van der Waals surface area contributed by atoms with E-state index in [0.717, 1.165) is 24.0 Å². The number of hydrogen-bond donors (Lipinski definition) is 1. The molecular weight excluding hydrogens is 234 g/mol. The van der Waals surface area contributed by atoms with Crippen molar-refractivity contribution in [2.24, 2.45) is 17.6 Å². The third kappa shape index (κ3) is 2.51. The molecule has 0 aromatic heterocycles. The molecule has 2 aliphatic rings. The largest absolute Gasteiger partial charge is 0.497 e. The highest BCUT2D eigenvalue weighted by Gasteiger charge is 2.41. The van der Waals surface area contributed by atoms with Crippen LogP contribution in [0.15, 0.2) is 18.2 Å². The average Bonchev–Trinajstić information content (AvgIpc) is 3.22. The Morgan fingerprint density at radius 2 is 2.00 bits per heavy atom. The smallest absolute Gasteiger partial charge is 0.119 e. The van der Waals surface area contributed by atoms with Gasteiger partial charge < -0.3 is 10.5 Å². The molecule has 0 bridgehead atoms. The van der Waals surface area contributed by atoms with Gasteiger partial charge in [-0.2, -0.15) is 0 Å². The van der Waals surface area contributed by atoms with E-state index in [4.69, 9.17) is 10.5 Å². The number of hydrogen-bond acceptors (Lipinski definition) is 2. The van der Waals surface area contributed by atoms with Crippen molar-refractivity contribution in [3.63, 3.8) is 0 Å². The molecule has 2 fully saturated rings. The first kappa shape index (κ1) is 13.0. The van der Waals surface area contributed by atoms with E-state index in [-0.39, 0.29) is 5.54 Å². The molecule has 0 heterocycles. The molecule has 19 heavy (non-hydrogen) atoms.